The number of rotatable bonds is 5. The maximum atomic E-state index is 13.4. The number of carbonyl (C=O) groups is 1. The second-order valence-corrected chi connectivity index (χ2v) is 8.54. The van der Waals surface area contributed by atoms with Gasteiger partial charge in [0.1, 0.15) is 0 Å². The van der Waals surface area contributed by atoms with E-state index in [1.807, 2.05) is 48.5 Å². The fourth-order valence-electron chi connectivity index (χ4n) is 3.20. The van der Waals surface area contributed by atoms with E-state index in [9.17, 15) is 13.2 Å². The van der Waals surface area contributed by atoms with Gasteiger partial charge in [-0.1, -0.05) is 78.9 Å². The third-order valence-electron chi connectivity index (χ3n) is 4.72. The van der Waals surface area contributed by atoms with Crippen molar-refractivity contribution in [1.82, 2.24) is 4.31 Å². The molecule has 0 heterocycles. The third kappa shape index (κ3) is 3.91. The first-order valence-electron chi connectivity index (χ1n) is 9.20. The van der Waals surface area contributed by atoms with Crippen LogP contribution in [0.4, 0.5) is 0 Å². The number of fused-ring (bicyclic) bond motifs is 1. The number of amides is 1. The molecule has 0 atom stereocenters. The Hall–Kier alpha value is -3.44. The molecule has 144 valence electrons. The summed E-state index contributed by atoms with van der Waals surface area (Å²) < 4.78 is 27.6. The van der Waals surface area contributed by atoms with E-state index in [0.717, 1.165) is 20.6 Å². The Morgan fingerprint density at radius 3 is 1.97 bits per heavy atom. The quantitative estimate of drug-likeness (QED) is 0.479. The first-order chi connectivity index (χ1) is 14.1. The van der Waals surface area contributed by atoms with Crippen molar-refractivity contribution in [3.8, 4) is 0 Å². The predicted octanol–water partition coefficient (Wildman–Crippen LogP) is 4.87. The molecule has 0 spiro atoms. The predicted molar refractivity (Wildman–Crippen MR) is 114 cm³/mol. The monoisotopic (exact) mass is 401 g/mol. The summed E-state index contributed by atoms with van der Waals surface area (Å²) in [5, 5.41) is 1.87. The van der Waals surface area contributed by atoms with Gasteiger partial charge in [-0.25, -0.2) is 12.7 Å². The van der Waals surface area contributed by atoms with Crippen molar-refractivity contribution in [2.24, 2.45) is 0 Å². The standard InChI is InChI=1S/C24H19NO3S/c26-24(22-16-15-20-11-7-8-12-21(20)17-22)25(18-19-9-3-1-4-10-19)29(27,28)23-13-5-2-6-14-23/h1-17H,18H2. The van der Waals surface area contributed by atoms with Crippen LogP contribution in [0.3, 0.4) is 0 Å². The molecule has 0 radical (unpaired) electrons. The molecule has 0 unspecified atom stereocenters. The van der Waals surface area contributed by atoms with Crippen LogP contribution in [0.25, 0.3) is 10.8 Å². The molecule has 4 aromatic carbocycles. The zero-order valence-corrected chi connectivity index (χ0v) is 16.4. The van der Waals surface area contributed by atoms with Crippen LogP contribution < -0.4 is 0 Å². The molecule has 5 heteroatoms. The number of carbonyl (C=O) groups excluding carboxylic acids is 1. The molecule has 0 aliphatic rings. The molecule has 0 N–H and O–H groups in total. The molecule has 0 fully saturated rings. The maximum absolute atomic E-state index is 13.4. The molecule has 4 nitrogen and oxygen atoms in total. The van der Waals surface area contributed by atoms with Crippen LogP contribution in [0.15, 0.2) is 108 Å². The van der Waals surface area contributed by atoms with Gasteiger partial charge in [0.2, 0.25) is 0 Å². The molecular weight excluding hydrogens is 382 g/mol. The summed E-state index contributed by atoms with van der Waals surface area (Å²) in [7, 11) is -4.02. The summed E-state index contributed by atoms with van der Waals surface area (Å²) in [5.41, 5.74) is 1.07. The minimum absolute atomic E-state index is 0.0380. The van der Waals surface area contributed by atoms with E-state index in [0.29, 0.717) is 5.56 Å². The fraction of sp³-hybridized carbons (Fsp3) is 0.0417. The second kappa shape index (κ2) is 7.89. The second-order valence-electron chi connectivity index (χ2n) is 6.68. The summed E-state index contributed by atoms with van der Waals surface area (Å²) in [6.45, 7) is -0.0380. The smallest absolute Gasteiger partial charge is 0.267 e. The molecule has 0 saturated carbocycles. The van der Waals surface area contributed by atoms with Crippen LogP contribution in [0.2, 0.25) is 0 Å². The Kier molecular flexibility index (Phi) is 5.14. The van der Waals surface area contributed by atoms with Crippen molar-refractivity contribution in [1.29, 1.82) is 0 Å². The first-order valence-corrected chi connectivity index (χ1v) is 10.6. The van der Waals surface area contributed by atoms with Gasteiger partial charge in [-0.3, -0.25) is 4.79 Å². The van der Waals surface area contributed by atoms with Gasteiger partial charge in [0, 0.05) is 5.56 Å². The van der Waals surface area contributed by atoms with Gasteiger partial charge in [0.05, 0.1) is 11.4 Å². The summed E-state index contributed by atoms with van der Waals surface area (Å²) in [5.74, 6) is -0.552. The largest absolute Gasteiger partial charge is 0.268 e. The molecule has 0 aliphatic heterocycles. The van der Waals surface area contributed by atoms with E-state index in [4.69, 9.17) is 0 Å². The zero-order chi connectivity index (χ0) is 20.3. The molecule has 0 aliphatic carbocycles. The molecular formula is C24H19NO3S. The van der Waals surface area contributed by atoms with Gasteiger partial charge in [-0.15, -0.1) is 0 Å². The number of benzene rings is 4. The van der Waals surface area contributed by atoms with Gasteiger partial charge in [-0.05, 0) is 40.6 Å². The lowest BCUT2D eigenvalue weighted by atomic mass is 10.1. The van der Waals surface area contributed by atoms with Crippen molar-refractivity contribution >= 4 is 26.7 Å². The van der Waals surface area contributed by atoms with Crippen molar-refractivity contribution in [3.05, 3.63) is 114 Å². The summed E-state index contributed by atoms with van der Waals surface area (Å²) >= 11 is 0. The highest BCUT2D eigenvalue weighted by molar-refractivity contribution is 7.89. The number of nitrogens with zero attached hydrogens (tertiary/aromatic N) is 1. The van der Waals surface area contributed by atoms with Crippen LogP contribution in [-0.2, 0) is 16.6 Å². The van der Waals surface area contributed by atoms with Crippen LogP contribution >= 0.6 is 0 Å². The Bertz CT molecular complexity index is 1250. The van der Waals surface area contributed by atoms with E-state index in [1.54, 1.807) is 42.5 Å². The van der Waals surface area contributed by atoms with Crippen molar-refractivity contribution in [2.75, 3.05) is 0 Å². The lowest BCUT2D eigenvalue weighted by Gasteiger charge is -2.23. The Morgan fingerprint density at radius 2 is 1.28 bits per heavy atom. The lowest BCUT2D eigenvalue weighted by Crippen LogP contribution is -2.36. The lowest BCUT2D eigenvalue weighted by molar-refractivity contribution is 0.0855. The Balaban J connectivity index is 1.79. The highest BCUT2D eigenvalue weighted by Crippen LogP contribution is 2.23. The minimum atomic E-state index is -4.02. The van der Waals surface area contributed by atoms with Crippen molar-refractivity contribution in [2.45, 2.75) is 11.4 Å². The summed E-state index contributed by atoms with van der Waals surface area (Å²) in [4.78, 5) is 13.4. The van der Waals surface area contributed by atoms with E-state index >= 15 is 0 Å². The average Bonchev–Trinajstić information content (AvgIpc) is 2.78. The van der Waals surface area contributed by atoms with Gasteiger partial charge >= 0.3 is 0 Å². The number of sulfonamides is 1. The average molecular weight is 401 g/mol. The van der Waals surface area contributed by atoms with E-state index in [1.165, 1.54) is 12.1 Å². The molecule has 4 aromatic rings. The summed E-state index contributed by atoms with van der Waals surface area (Å²) in [6.07, 6.45) is 0. The topological polar surface area (TPSA) is 54.5 Å². The van der Waals surface area contributed by atoms with Crippen LogP contribution in [0, 0.1) is 0 Å². The van der Waals surface area contributed by atoms with E-state index in [-0.39, 0.29) is 11.4 Å². The van der Waals surface area contributed by atoms with Crippen LogP contribution in [0.5, 0.6) is 0 Å². The van der Waals surface area contributed by atoms with Gasteiger partial charge < -0.3 is 0 Å². The maximum Gasteiger partial charge on any atom is 0.267 e. The van der Waals surface area contributed by atoms with Crippen LogP contribution in [0.1, 0.15) is 15.9 Å². The first kappa shape index (κ1) is 18.9. The SMILES string of the molecule is O=C(c1ccc2ccccc2c1)N(Cc1ccccc1)S(=O)(=O)c1ccccc1. The van der Waals surface area contributed by atoms with Gasteiger partial charge in [0.25, 0.3) is 15.9 Å². The number of hydrogen-bond acceptors (Lipinski definition) is 3. The normalized spacial score (nSPS) is 11.3. The van der Waals surface area contributed by atoms with Crippen molar-refractivity contribution in [3.63, 3.8) is 0 Å². The summed E-state index contributed by atoms with van der Waals surface area (Å²) in [6, 6.07) is 30.0. The zero-order valence-electron chi connectivity index (χ0n) is 15.6. The van der Waals surface area contributed by atoms with Gasteiger partial charge in [-0.2, -0.15) is 0 Å². The third-order valence-corrected chi connectivity index (χ3v) is 6.47. The molecule has 0 saturated heterocycles. The Labute approximate surface area is 170 Å². The fourth-order valence-corrected chi connectivity index (χ4v) is 4.60. The molecule has 0 bridgehead atoms. The van der Waals surface area contributed by atoms with E-state index in [2.05, 4.69) is 0 Å². The van der Waals surface area contributed by atoms with Crippen molar-refractivity contribution < 1.29 is 13.2 Å². The highest BCUT2D eigenvalue weighted by Gasteiger charge is 2.30. The Morgan fingerprint density at radius 1 is 0.690 bits per heavy atom. The molecule has 4 rings (SSSR count). The number of hydrogen-bond donors (Lipinski definition) is 0. The van der Waals surface area contributed by atoms with E-state index < -0.39 is 15.9 Å². The van der Waals surface area contributed by atoms with Crippen LogP contribution in [-0.4, -0.2) is 18.6 Å². The minimum Gasteiger partial charge on any atom is -0.268 e. The molecule has 29 heavy (non-hydrogen) atoms. The highest BCUT2D eigenvalue weighted by atomic mass is 32.2. The molecule has 0 aromatic heterocycles. The molecule has 1 amide bonds. The van der Waals surface area contributed by atoms with Gasteiger partial charge in [0.15, 0.2) is 0 Å².